The minimum Gasteiger partial charge on any atom is -0.451 e. The van der Waals surface area contributed by atoms with E-state index in [9.17, 15) is 27.6 Å². The third-order valence-electron chi connectivity index (χ3n) is 4.68. The van der Waals surface area contributed by atoms with Gasteiger partial charge in [-0.2, -0.15) is 4.31 Å². The van der Waals surface area contributed by atoms with E-state index in [4.69, 9.17) is 4.74 Å². The van der Waals surface area contributed by atoms with Crippen LogP contribution in [0.2, 0.25) is 0 Å². The second-order valence-corrected chi connectivity index (χ2v) is 9.10. The number of nitrogens with one attached hydrogen (secondary N) is 3. The van der Waals surface area contributed by atoms with Crippen LogP contribution in [0.25, 0.3) is 0 Å². The predicted octanol–water partition coefficient (Wildman–Crippen LogP) is 0.367. The van der Waals surface area contributed by atoms with E-state index in [2.05, 4.69) is 16.0 Å². The SMILES string of the molecule is CCN(CC)S(=O)(=O)c1ccc(C(=O)NCC(=O)OC(C)C(=O)NC(=O)NC2CC2)cc1. The number of imide groups is 1. The van der Waals surface area contributed by atoms with Crippen molar-refractivity contribution in [1.82, 2.24) is 20.3 Å². The van der Waals surface area contributed by atoms with Crippen molar-refractivity contribution in [3.63, 3.8) is 0 Å². The Kier molecular flexibility index (Phi) is 8.72. The molecule has 32 heavy (non-hydrogen) atoms. The zero-order chi connectivity index (χ0) is 23.9. The molecule has 0 bridgehead atoms. The van der Waals surface area contributed by atoms with Gasteiger partial charge in [0, 0.05) is 24.7 Å². The van der Waals surface area contributed by atoms with Crippen molar-refractivity contribution in [2.75, 3.05) is 19.6 Å². The van der Waals surface area contributed by atoms with Gasteiger partial charge in [0.15, 0.2) is 6.10 Å². The number of esters is 1. The number of sulfonamides is 1. The Labute approximate surface area is 186 Å². The highest BCUT2D eigenvalue weighted by Gasteiger charge is 2.26. The normalized spacial score (nSPS) is 14.4. The summed E-state index contributed by atoms with van der Waals surface area (Å²) >= 11 is 0. The van der Waals surface area contributed by atoms with Crippen molar-refractivity contribution in [2.24, 2.45) is 0 Å². The fourth-order valence-corrected chi connectivity index (χ4v) is 4.16. The molecule has 4 amide bonds. The van der Waals surface area contributed by atoms with Gasteiger partial charge in [-0.25, -0.2) is 13.2 Å². The van der Waals surface area contributed by atoms with Crippen molar-refractivity contribution in [3.05, 3.63) is 29.8 Å². The number of amides is 4. The lowest BCUT2D eigenvalue weighted by Crippen LogP contribution is -2.46. The summed E-state index contributed by atoms with van der Waals surface area (Å²) in [5, 5.41) is 6.98. The zero-order valence-corrected chi connectivity index (χ0v) is 19.0. The Balaban J connectivity index is 1.82. The molecule has 0 heterocycles. The monoisotopic (exact) mass is 468 g/mol. The summed E-state index contributed by atoms with van der Waals surface area (Å²) in [6.45, 7) is 4.90. The lowest BCUT2D eigenvalue weighted by atomic mass is 10.2. The van der Waals surface area contributed by atoms with Gasteiger partial charge in [-0.3, -0.25) is 19.7 Å². The van der Waals surface area contributed by atoms with Crippen LogP contribution in [-0.4, -0.2) is 68.3 Å². The molecular weight excluding hydrogens is 440 g/mol. The first kappa shape index (κ1) is 25.3. The minimum atomic E-state index is -3.64. The third kappa shape index (κ3) is 7.02. The molecule has 1 unspecified atom stereocenters. The molecule has 11 nitrogen and oxygen atoms in total. The molecule has 1 fully saturated rings. The van der Waals surface area contributed by atoms with E-state index in [0.29, 0.717) is 13.1 Å². The summed E-state index contributed by atoms with van der Waals surface area (Å²) < 4.78 is 31.2. The van der Waals surface area contributed by atoms with Crippen LogP contribution in [0.4, 0.5) is 4.79 Å². The molecule has 1 aromatic carbocycles. The summed E-state index contributed by atoms with van der Waals surface area (Å²) in [7, 11) is -3.64. The molecule has 12 heteroatoms. The molecule has 0 aromatic heterocycles. The predicted molar refractivity (Wildman–Crippen MR) is 114 cm³/mol. The molecule has 0 aliphatic heterocycles. The average molecular weight is 469 g/mol. The van der Waals surface area contributed by atoms with Crippen LogP contribution < -0.4 is 16.0 Å². The van der Waals surface area contributed by atoms with E-state index in [1.54, 1.807) is 13.8 Å². The second-order valence-electron chi connectivity index (χ2n) is 7.17. The Bertz CT molecular complexity index is 955. The van der Waals surface area contributed by atoms with Crippen LogP contribution in [0.3, 0.4) is 0 Å². The first-order valence-electron chi connectivity index (χ1n) is 10.3. The number of carbonyl (C=O) groups excluding carboxylic acids is 4. The van der Waals surface area contributed by atoms with Crippen molar-refractivity contribution in [2.45, 2.75) is 50.7 Å². The summed E-state index contributed by atoms with van der Waals surface area (Å²) in [5.41, 5.74) is 0.152. The van der Waals surface area contributed by atoms with Crippen LogP contribution in [0.5, 0.6) is 0 Å². The molecule has 0 radical (unpaired) electrons. The largest absolute Gasteiger partial charge is 0.451 e. The summed E-state index contributed by atoms with van der Waals surface area (Å²) in [4.78, 5) is 47.6. The van der Waals surface area contributed by atoms with E-state index >= 15 is 0 Å². The van der Waals surface area contributed by atoms with E-state index in [1.807, 2.05) is 0 Å². The first-order chi connectivity index (χ1) is 15.1. The quantitative estimate of drug-likeness (QED) is 0.420. The lowest BCUT2D eigenvalue weighted by Gasteiger charge is -2.18. The van der Waals surface area contributed by atoms with Gasteiger partial charge in [-0.1, -0.05) is 13.8 Å². The Morgan fingerprint density at radius 3 is 2.22 bits per heavy atom. The number of ether oxygens (including phenoxy) is 1. The van der Waals surface area contributed by atoms with Gasteiger partial charge in [0.25, 0.3) is 11.8 Å². The number of benzene rings is 1. The van der Waals surface area contributed by atoms with Crippen LogP contribution in [-0.2, 0) is 24.3 Å². The number of carbonyl (C=O) groups is 4. The molecule has 176 valence electrons. The minimum absolute atomic E-state index is 0.0581. The van der Waals surface area contributed by atoms with Gasteiger partial charge in [0.1, 0.15) is 6.54 Å². The maximum Gasteiger partial charge on any atom is 0.326 e. The lowest BCUT2D eigenvalue weighted by molar-refractivity contribution is -0.153. The molecule has 1 aromatic rings. The van der Waals surface area contributed by atoms with E-state index < -0.39 is 46.5 Å². The maximum absolute atomic E-state index is 12.5. The van der Waals surface area contributed by atoms with E-state index in [0.717, 1.165) is 12.8 Å². The number of nitrogens with zero attached hydrogens (tertiary/aromatic N) is 1. The fraction of sp³-hybridized carbons (Fsp3) is 0.500. The highest BCUT2D eigenvalue weighted by molar-refractivity contribution is 7.89. The second kappa shape index (κ2) is 11.0. The highest BCUT2D eigenvalue weighted by atomic mass is 32.2. The van der Waals surface area contributed by atoms with Gasteiger partial charge < -0.3 is 15.4 Å². The molecule has 2 rings (SSSR count). The molecule has 3 N–H and O–H groups in total. The standard InChI is InChI=1S/C20H28N4O7S/c1-4-24(5-2)32(29,30)16-10-6-14(7-11-16)19(27)21-12-17(25)31-13(3)18(26)23-20(28)22-15-8-9-15/h6-7,10-11,13,15H,4-5,8-9,12H2,1-3H3,(H,21,27)(H2,22,23,26,28). The van der Waals surface area contributed by atoms with Crippen molar-refractivity contribution >= 4 is 33.8 Å². The summed E-state index contributed by atoms with van der Waals surface area (Å²) in [6.07, 6.45) is 0.495. The van der Waals surface area contributed by atoms with Crippen LogP contribution >= 0.6 is 0 Å². The zero-order valence-electron chi connectivity index (χ0n) is 18.2. The molecule has 1 aliphatic carbocycles. The summed E-state index contributed by atoms with van der Waals surface area (Å²) in [6, 6.07) is 4.74. The number of rotatable bonds is 10. The maximum atomic E-state index is 12.5. The van der Waals surface area contributed by atoms with Crippen molar-refractivity contribution in [3.8, 4) is 0 Å². The van der Waals surface area contributed by atoms with Gasteiger partial charge in [0.2, 0.25) is 10.0 Å². The summed E-state index contributed by atoms with van der Waals surface area (Å²) in [5.74, 6) is -2.27. The van der Waals surface area contributed by atoms with E-state index in [-0.39, 0.29) is 16.5 Å². The number of hydrogen-bond acceptors (Lipinski definition) is 7. The first-order valence-corrected chi connectivity index (χ1v) is 11.7. The average Bonchev–Trinajstić information content (AvgIpc) is 3.56. The van der Waals surface area contributed by atoms with E-state index in [1.165, 1.54) is 35.5 Å². The van der Waals surface area contributed by atoms with Gasteiger partial charge in [0.05, 0.1) is 4.90 Å². The molecule has 1 saturated carbocycles. The molecular formula is C20H28N4O7S. The topological polar surface area (TPSA) is 151 Å². The Morgan fingerprint density at radius 2 is 1.69 bits per heavy atom. The van der Waals surface area contributed by atoms with Gasteiger partial charge in [-0.05, 0) is 44.0 Å². The highest BCUT2D eigenvalue weighted by Crippen LogP contribution is 2.18. The molecule has 1 aliphatic rings. The third-order valence-corrected chi connectivity index (χ3v) is 6.74. The van der Waals surface area contributed by atoms with Gasteiger partial charge >= 0.3 is 12.0 Å². The van der Waals surface area contributed by atoms with Gasteiger partial charge in [-0.15, -0.1) is 0 Å². The van der Waals surface area contributed by atoms with Crippen LogP contribution in [0.15, 0.2) is 29.2 Å². The Hall–Kier alpha value is -2.99. The fourth-order valence-electron chi connectivity index (χ4n) is 2.70. The van der Waals surface area contributed by atoms with Crippen LogP contribution in [0.1, 0.15) is 44.0 Å². The molecule has 0 saturated heterocycles. The number of hydrogen-bond donors (Lipinski definition) is 3. The van der Waals surface area contributed by atoms with Crippen molar-refractivity contribution < 1.29 is 32.3 Å². The molecule has 0 spiro atoms. The van der Waals surface area contributed by atoms with Crippen LogP contribution in [0, 0.1) is 0 Å². The van der Waals surface area contributed by atoms with Crippen molar-refractivity contribution in [1.29, 1.82) is 0 Å². The number of urea groups is 1. The Morgan fingerprint density at radius 1 is 1.09 bits per heavy atom. The smallest absolute Gasteiger partial charge is 0.326 e. The molecule has 1 atom stereocenters.